The van der Waals surface area contributed by atoms with E-state index in [4.69, 9.17) is 4.74 Å². The summed E-state index contributed by atoms with van der Waals surface area (Å²) in [6.07, 6.45) is 7.31. The second kappa shape index (κ2) is 8.54. The first kappa shape index (κ1) is 16.5. The first-order valence-electron chi connectivity index (χ1n) is 7.28. The number of hydrogen-bond acceptors (Lipinski definition) is 2. The summed E-state index contributed by atoms with van der Waals surface area (Å²) in [7, 11) is 0. The minimum atomic E-state index is -0.213. The van der Waals surface area contributed by atoms with Crippen molar-refractivity contribution >= 4 is 5.97 Å². The molecule has 0 fully saturated rings. The van der Waals surface area contributed by atoms with E-state index in [0.29, 0.717) is 0 Å². The molecule has 0 N–H and O–H groups in total. The molecular formula is C15H30O2. The number of hydrogen-bond donors (Lipinski definition) is 0. The van der Waals surface area contributed by atoms with Gasteiger partial charge in [-0.1, -0.05) is 47.5 Å². The van der Waals surface area contributed by atoms with Gasteiger partial charge < -0.3 is 4.74 Å². The molecule has 0 aromatic rings. The monoisotopic (exact) mass is 242 g/mol. The highest BCUT2D eigenvalue weighted by Gasteiger charge is 2.31. The van der Waals surface area contributed by atoms with Gasteiger partial charge in [-0.05, 0) is 32.1 Å². The number of ether oxygens (including phenoxy) is 1. The molecule has 0 aliphatic heterocycles. The van der Waals surface area contributed by atoms with Gasteiger partial charge in [-0.2, -0.15) is 0 Å². The predicted octanol–water partition coefficient (Wildman–Crippen LogP) is 4.71. The van der Waals surface area contributed by atoms with Crippen LogP contribution < -0.4 is 0 Å². The molecule has 0 spiro atoms. The van der Waals surface area contributed by atoms with Crippen LogP contribution in [0.25, 0.3) is 0 Å². The van der Waals surface area contributed by atoms with Crippen LogP contribution in [0.5, 0.6) is 0 Å². The van der Waals surface area contributed by atoms with Gasteiger partial charge in [0.1, 0.15) is 5.60 Å². The van der Waals surface area contributed by atoms with Crippen LogP contribution in [-0.2, 0) is 9.53 Å². The molecule has 0 aliphatic carbocycles. The van der Waals surface area contributed by atoms with Crippen LogP contribution >= 0.6 is 0 Å². The quantitative estimate of drug-likeness (QED) is 0.432. The fourth-order valence-electron chi connectivity index (χ4n) is 1.98. The Morgan fingerprint density at radius 2 is 1.71 bits per heavy atom. The van der Waals surface area contributed by atoms with E-state index >= 15 is 0 Å². The lowest BCUT2D eigenvalue weighted by molar-refractivity contribution is -0.166. The highest BCUT2D eigenvalue weighted by Crippen LogP contribution is 2.29. The standard InChI is InChI=1S/C15H30O2/c1-6-10-11-12-15(8-3,9-4)17-14(16)13(5)7-2/h13H,6-12H2,1-5H3. The largest absolute Gasteiger partial charge is 0.459 e. The smallest absolute Gasteiger partial charge is 0.309 e. The van der Waals surface area contributed by atoms with Crippen molar-refractivity contribution in [3.05, 3.63) is 0 Å². The molecular weight excluding hydrogens is 212 g/mol. The molecule has 0 saturated carbocycles. The van der Waals surface area contributed by atoms with Crippen LogP contribution in [-0.4, -0.2) is 11.6 Å². The number of carbonyl (C=O) groups is 1. The van der Waals surface area contributed by atoms with Gasteiger partial charge >= 0.3 is 5.97 Å². The zero-order valence-electron chi connectivity index (χ0n) is 12.3. The molecule has 17 heavy (non-hydrogen) atoms. The minimum absolute atomic E-state index is 0.0206. The zero-order valence-corrected chi connectivity index (χ0v) is 12.3. The van der Waals surface area contributed by atoms with E-state index in [1.54, 1.807) is 0 Å². The summed E-state index contributed by atoms with van der Waals surface area (Å²) in [5.74, 6) is 0.00588. The van der Waals surface area contributed by atoms with E-state index in [2.05, 4.69) is 20.8 Å². The molecule has 0 rings (SSSR count). The van der Waals surface area contributed by atoms with Gasteiger partial charge in [0.2, 0.25) is 0 Å². The summed E-state index contributed by atoms with van der Waals surface area (Å²) >= 11 is 0. The van der Waals surface area contributed by atoms with Crippen LogP contribution in [0.15, 0.2) is 0 Å². The van der Waals surface area contributed by atoms with E-state index in [9.17, 15) is 4.79 Å². The molecule has 2 nitrogen and oxygen atoms in total. The number of esters is 1. The van der Waals surface area contributed by atoms with Crippen molar-refractivity contribution in [2.24, 2.45) is 5.92 Å². The van der Waals surface area contributed by atoms with Crippen molar-refractivity contribution in [3.63, 3.8) is 0 Å². The first-order chi connectivity index (χ1) is 8.05. The van der Waals surface area contributed by atoms with E-state index in [-0.39, 0.29) is 17.5 Å². The third-order valence-corrected chi connectivity index (χ3v) is 3.86. The molecule has 1 atom stereocenters. The lowest BCUT2D eigenvalue weighted by Crippen LogP contribution is -2.35. The molecule has 102 valence electrons. The normalized spacial score (nSPS) is 13.5. The Kier molecular flexibility index (Phi) is 8.28. The summed E-state index contributed by atoms with van der Waals surface area (Å²) in [6, 6.07) is 0. The van der Waals surface area contributed by atoms with Gasteiger partial charge in [0.05, 0.1) is 5.92 Å². The lowest BCUT2D eigenvalue weighted by Gasteiger charge is -2.32. The Labute approximate surface area is 107 Å². The fourth-order valence-corrected chi connectivity index (χ4v) is 1.98. The van der Waals surface area contributed by atoms with Gasteiger partial charge in [-0.25, -0.2) is 0 Å². The summed E-state index contributed by atoms with van der Waals surface area (Å²) in [5, 5.41) is 0. The van der Waals surface area contributed by atoms with E-state index < -0.39 is 0 Å². The van der Waals surface area contributed by atoms with E-state index in [1.165, 1.54) is 12.8 Å². The number of rotatable bonds is 9. The Morgan fingerprint density at radius 3 is 2.12 bits per heavy atom. The highest BCUT2D eigenvalue weighted by molar-refractivity contribution is 5.72. The molecule has 0 amide bonds. The second-order valence-electron chi connectivity index (χ2n) is 5.08. The average molecular weight is 242 g/mol. The van der Waals surface area contributed by atoms with E-state index in [0.717, 1.165) is 32.1 Å². The molecule has 0 radical (unpaired) electrons. The fraction of sp³-hybridized carbons (Fsp3) is 0.933. The summed E-state index contributed by atoms with van der Waals surface area (Å²) in [4.78, 5) is 11.9. The summed E-state index contributed by atoms with van der Waals surface area (Å²) < 4.78 is 5.80. The van der Waals surface area contributed by atoms with Gasteiger partial charge in [0.25, 0.3) is 0 Å². The van der Waals surface area contributed by atoms with Gasteiger partial charge in [-0.15, -0.1) is 0 Å². The first-order valence-corrected chi connectivity index (χ1v) is 7.28. The van der Waals surface area contributed by atoms with Crippen molar-refractivity contribution in [3.8, 4) is 0 Å². The van der Waals surface area contributed by atoms with Crippen molar-refractivity contribution in [2.45, 2.75) is 85.2 Å². The third kappa shape index (κ3) is 5.56. The van der Waals surface area contributed by atoms with Crippen molar-refractivity contribution in [1.82, 2.24) is 0 Å². The molecule has 2 heteroatoms. The molecule has 0 heterocycles. The van der Waals surface area contributed by atoms with Crippen LogP contribution in [0, 0.1) is 5.92 Å². The third-order valence-electron chi connectivity index (χ3n) is 3.86. The van der Waals surface area contributed by atoms with E-state index in [1.807, 2.05) is 13.8 Å². The van der Waals surface area contributed by atoms with Gasteiger partial charge in [0.15, 0.2) is 0 Å². The Hall–Kier alpha value is -0.530. The van der Waals surface area contributed by atoms with Crippen LogP contribution in [0.1, 0.15) is 79.6 Å². The SMILES string of the molecule is CCCCCC(CC)(CC)OC(=O)C(C)CC. The summed E-state index contributed by atoms with van der Waals surface area (Å²) in [5.41, 5.74) is -0.213. The van der Waals surface area contributed by atoms with Crippen LogP contribution in [0.3, 0.4) is 0 Å². The van der Waals surface area contributed by atoms with Crippen molar-refractivity contribution in [2.75, 3.05) is 0 Å². The highest BCUT2D eigenvalue weighted by atomic mass is 16.6. The summed E-state index contributed by atoms with van der Waals surface area (Å²) in [6.45, 7) is 10.4. The molecule has 0 bridgehead atoms. The number of unbranched alkanes of at least 4 members (excludes halogenated alkanes) is 2. The van der Waals surface area contributed by atoms with Gasteiger partial charge in [-0.3, -0.25) is 4.79 Å². The maximum atomic E-state index is 11.9. The molecule has 0 aromatic heterocycles. The van der Waals surface area contributed by atoms with Crippen LogP contribution in [0.4, 0.5) is 0 Å². The average Bonchev–Trinajstić information content (AvgIpc) is 2.36. The maximum Gasteiger partial charge on any atom is 0.309 e. The minimum Gasteiger partial charge on any atom is -0.459 e. The number of carbonyl (C=O) groups excluding carboxylic acids is 1. The predicted molar refractivity (Wildman–Crippen MR) is 73.0 cm³/mol. The van der Waals surface area contributed by atoms with Gasteiger partial charge in [0, 0.05) is 0 Å². The lowest BCUT2D eigenvalue weighted by atomic mass is 9.90. The Morgan fingerprint density at radius 1 is 1.12 bits per heavy atom. The molecule has 0 saturated heterocycles. The second-order valence-corrected chi connectivity index (χ2v) is 5.08. The Bertz CT molecular complexity index is 207. The van der Waals surface area contributed by atoms with Crippen LogP contribution in [0.2, 0.25) is 0 Å². The maximum absolute atomic E-state index is 11.9. The molecule has 0 aromatic carbocycles. The zero-order chi connectivity index (χ0) is 13.3. The Balaban J connectivity index is 4.43. The topological polar surface area (TPSA) is 26.3 Å². The molecule has 0 aliphatic rings. The van der Waals surface area contributed by atoms with Crippen molar-refractivity contribution in [1.29, 1.82) is 0 Å². The molecule has 1 unspecified atom stereocenters. The van der Waals surface area contributed by atoms with Crippen molar-refractivity contribution < 1.29 is 9.53 Å².